The number of carbonyl (C=O) groups excluding carboxylic acids is 1. The fourth-order valence-corrected chi connectivity index (χ4v) is 7.04. The van der Waals surface area contributed by atoms with E-state index in [1.165, 1.54) is 59.4 Å². The molecule has 0 unspecified atom stereocenters. The second-order valence-corrected chi connectivity index (χ2v) is 14.1. The van der Waals surface area contributed by atoms with Crippen LogP contribution in [0.1, 0.15) is 43.5 Å². The molecule has 6 rings (SSSR count). The zero-order valence-electron chi connectivity index (χ0n) is 27.4. The number of benzene rings is 2. The number of sulfonamides is 1. The number of rotatable bonds is 9. The summed E-state index contributed by atoms with van der Waals surface area (Å²) in [5.41, 5.74) is 7.35. The molecule has 1 spiro atoms. The van der Waals surface area contributed by atoms with E-state index in [4.69, 9.17) is 20.3 Å². The van der Waals surface area contributed by atoms with Crippen LogP contribution in [0.3, 0.4) is 0 Å². The molecule has 2 aromatic heterocycles. The van der Waals surface area contributed by atoms with E-state index in [1.807, 2.05) is 4.90 Å². The summed E-state index contributed by atoms with van der Waals surface area (Å²) in [7, 11) is -3.94. The quantitative estimate of drug-likeness (QED) is 0.213. The second kappa shape index (κ2) is 13.5. The van der Waals surface area contributed by atoms with Crippen LogP contribution in [0.2, 0.25) is 0 Å². The molecule has 0 aliphatic carbocycles. The fraction of sp³-hybridized carbons (Fsp3) is 0.394. The van der Waals surface area contributed by atoms with Crippen LogP contribution in [-0.2, 0) is 19.6 Å². The average molecular weight is 715 g/mol. The van der Waals surface area contributed by atoms with Crippen LogP contribution in [-0.4, -0.2) is 72.6 Å². The van der Waals surface area contributed by atoms with Gasteiger partial charge in [0.25, 0.3) is 0 Å². The number of nitrogen functional groups attached to an aromatic ring is 1. The van der Waals surface area contributed by atoms with Gasteiger partial charge in [0.1, 0.15) is 11.9 Å². The minimum absolute atomic E-state index is 0.0864. The van der Waals surface area contributed by atoms with Gasteiger partial charge in [0, 0.05) is 37.5 Å². The Balaban J connectivity index is 1.28. The SMILES string of the molecule is CCOC(=O)[C@@H]1CC2(CCN(c3cc(O[C@H](c4ccc(-c5ccc(S(N)(=O)=O)cc5)cc4-n4ccc(C)n4)C(F)(F)F)nc(N)n3)CC2)CN1. The lowest BCUT2D eigenvalue weighted by Gasteiger charge is -2.39. The van der Waals surface area contributed by atoms with Crippen molar-refractivity contribution in [3.8, 4) is 22.7 Å². The topological polar surface area (TPSA) is 181 Å². The van der Waals surface area contributed by atoms with Crippen LogP contribution >= 0.6 is 0 Å². The Kier molecular flexibility index (Phi) is 9.49. The summed E-state index contributed by atoms with van der Waals surface area (Å²) in [5.74, 6) is -0.539. The van der Waals surface area contributed by atoms with Gasteiger partial charge in [-0.3, -0.25) is 4.79 Å². The first-order valence-electron chi connectivity index (χ1n) is 16.0. The molecule has 50 heavy (non-hydrogen) atoms. The zero-order chi connectivity index (χ0) is 35.8. The zero-order valence-corrected chi connectivity index (χ0v) is 28.2. The molecule has 2 saturated heterocycles. The molecule has 13 nitrogen and oxygen atoms in total. The number of hydrogen-bond donors (Lipinski definition) is 3. The molecule has 0 bridgehead atoms. The van der Waals surface area contributed by atoms with Crippen LogP contribution in [0.25, 0.3) is 16.8 Å². The van der Waals surface area contributed by atoms with Crippen molar-refractivity contribution in [2.24, 2.45) is 10.6 Å². The molecule has 17 heteroatoms. The highest BCUT2D eigenvalue weighted by Crippen LogP contribution is 2.43. The molecule has 0 amide bonds. The molecule has 4 aromatic rings. The molecule has 5 N–H and O–H groups in total. The third-order valence-electron chi connectivity index (χ3n) is 9.12. The highest BCUT2D eigenvalue weighted by atomic mass is 32.2. The maximum atomic E-state index is 14.9. The van der Waals surface area contributed by atoms with Crippen LogP contribution < -0.4 is 25.8 Å². The Morgan fingerprint density at radius 3 is 2.40 bits per heavy atom. The van der Waals surface area contributed by atoms with Gasteiger partial charge in [-0.25, -0.2) is 18.2 Å². The van der Waals surface area contributed by atoms with Crippen molar-refractivity contribution in [1.29, 1.82) is 0 Å². The van der Waals surface area contributed by atoms with Crippen LogP contribution in [0.5, 0.6) is 5.88 Å². The first kappa shape index (κ1) is 35.1. The molecule has 0 radical (unpaired) electrons. The molecule has 2 aromatic carbocycles. The van der Waals surface area contributed by atoms with Gasteiger partial charge >= 0.3 is 12.1 Å². The predicted molar refractivity (Wildman–Crippen MR) is 178 cm³/mol. The maximum absolute atomic E-state index is 14.9. The lowest BCUT2D eigenvalue weighted by atomic mass is 9.76. The standard InChI is InChI=1S/C33H37F3N8O5S/c1-3-48-30(45)25-18-32(19-39-25)11-14-43(15-12-32)27-17-28(41-31(37)40-27)49-29(33(34,35)36)24-9-6-22(16-26(24)44-13-10-20(2)42-44)21-4-7-23(8-5-21)50(38,46)47/h4-10,13,16-17,25,29,39H,3,11-12,14-15,18-19H2,1-2H3,(H2,37,40,41)(H2,38,46,47)/t25-,29+/m0/s1. The number of nitrogens with two attached hydrogens (primary N) is 2. The third kappa shape index (κ3) is 7.53. The van der Waals surface area contributed by atoms with Crippen molar-refractivity contribution >= 4 is 27.8 Å². The Labute approximate surface area is 286 Å². The van der Waals surface area contributed by atoms with Gasteiger partial charge in [0.2, 0.25) is 28.0 Å². The number of anilines is 2. The van der Waals surface area contributed by atoms with Crippen molar-refractivity contribution in [2.75, 3.05) is 36.9 Å². The summed E-state index contributed by atoms with van der Waals surface area (Å²) in [4.78, 5) is 22.4. The molecule has 2 aliphatic rings. The normalized spacial score (nSPS) is 18.3. The Morgan fingerprint density at radius 2 is 1.78 bits per heavy atom. The number of hydrogen-bond acceptors (Lipinski definition) is 11. The lowest BCUT2D eigenvalue weighted by molar-refractivity contribution is -0.198. The van der Waals surface area contributed by atoms with Crippen molar-refractivity contribution in [3.63, 3.8) is 0 Å². The first-order valence-corrected chi connectivity index (χ1v) is 17.5. The van der Waals surface area contributed by atoms with E-state index >= 15 is 0 Å². The second-order valence-electron chi connectivity index (χ2n) is 12.6. The molecule has 266 valence electrons. The Morgan fingerprint density at radius 1 is 1.08 bits per heavy atom. The summed E-state index contributed by atoms with van der Waals surface area (Å²) in [6.45, 7) is 5.52. The summed E-state index contributed by atoms with van der Waals surface area (Å²) in [6.07, 6.45) is -3.73. The number of nitrogens with zero attached hydrogens (tertiary/aromatic N) is 5. The van der Waals surface area contributed by atoms with E-state index in [1.54, 1.807) is 19.9 Å². The lowest BCUT2D eigenvalue weighted by Crippen LogP contribution is -2.41. The highest BCUT2D eigenvalue weighted by Gasteiger charge is 2.46. The number of primary sulfonamides is 1. The molecule has 2 atom stereocenters. The van der Waals surface area contributed by atoms with Crippen molar-refractivity contribution in [1.82, 2.24) is 25.1 Å². The van der Waals surface area contributed by atoms with E-state index in [0.717, 1.165) is 12.8 Å². The van der Waals surface area contributed by atoms with E-state index in [0.29, 0.717) is 55.3 Å². The number of alkyl halides is 3. The van der Waals surface area contributed by atoms with Crippen molar-refractivity contribution in [3.05, 3.63) is 72.1 Å². The van der Waals surface area contributed by atoms with Crippen LogP contribution in [0, 0.1) is 12.3 Å². The molecular formula is C33H37F3N8O5S. The molecule has 2 fully saturated rings. The van der Waals surface area contributed by atoms with Crippen LogP contribution in [0.4, 0.5) is 24.9 Å². The van der Waals surface area contributed by atoms with E-state index < -0.39 is 22.3 Å². The molecule has 0 saturated carbocycles. The van der Waals surface area contributed by atoms with E-state index in [9.17, 15) is 26.4 Å². The minimum atomic E-state index is -4.89. The minimum Gasteiger partial charge on any atom is -0.465 e. The number of piperidine rings is 1. The van der Waals surface area contributed by atoms with Gasteiger partial charge in [-0.05, 0) is 73.9 Å². The van der Waals surface area contributed by atoms with Gasteiger partial charge in [-0.1, -0.05) is 24.3 Å². The molecule has 2 aliphatic heterocycles. The van der Waals surface area contributed by atoms with Crippen molar-refractivity contribution in [2.45, 2.75) is 56.3 Å². The van der Waals surface area contributed by atoms with E-state index in [2.05, 4.69) is 20.4 Å². The fourth-order valence-electron chi connectivity index (χ4n) is 6.53. The largest absolute Gasteiger partial charge is 0.465 e. The van der Waals surface area contributed by atoms with Gasteiger partial charge < -0.3 is 25.4 Å². The number of aromatic nitrogens is 4. The molecule has 4 heterocycles. The summed E-state index contributed by atoms with van der Waals surface area (Å²) >= 11 is 0. The predicted octanol–water partition coefficient (Wildman–Crippen LogP) is 4.06. The first-order chi connectivity index (χ1) is 23.6. The number of nitrogens with one attached hydrogen (secondary N) is 1. The summed E-state index contributed by atoms with van der Waals surface area (Å²) in [5, 5.41) is 12.8. The van der Waals surface area contributed by atoms with Gasteiger partial charge in [-0.2, -0.15) is 28.2 Å². The number of esters is 1. The number of aryl methyl sites for hydroxylation is 1. The Hall–Kier alpha value is -4.74. The van der Waals surface area contributed by atoms with Gasteiger partial charge in [0.15, 0.2) is 0 Å². The van der Waals surface area contributed by atoms with Gasteiger partial charge in [-0.15, -0.1) is 0 Å². The summed E-state index contributed by atoms with van der Waals surface area (Å²) < 4.78 is 80.3. The highest BCUT2D eigenvalue weighted by molar-refractivity contribution is 7.89. The smallest absolute Gasteiger partial charge is 0.429 e. The number of carbonyl (C=O) groups is 1. The maximum Gasteiger partial charge on any atom is 0.429 e. The van der Waals surface area contributed by atoms with E-state index in [-0.39, 0.29) is 45.4 Å². The average Bonchev–Trinajstić information content (AvgIpc) is 3.69. The molecular weight excluding hydrogens is 677 g/mol. The Bertz CT molecular complexity index is 1980. The van der Waals surface area contributed by atoms with Crippen LogP contribution in [0.15, 0.2) is 65.7 Å². The third-order valence-corrected chi connectivity index (χ3v) is 10.0. The van der Waals surface area contributed by atoms with Crippen molar-refractivity contribution < 1.29 is 35.9 Å². The number of ether oxygens (including phenoxy) is 2. The number of halogens is 3. The van der Waals surface area contributed by atoms with Gasteiger partial charge in [0.05, 0.1) is 22.9 Å². The monoisotopic (exact) mass is 714 g/mol. The summed E-state index contributed by atoms with van der Waals surface area (Å²) in [6, 6.07) is 12.6.